The number of hydrogen-bond donors (Lipinski definition) is 0. The van der Waals surface area contributed by atoms with Crippen molar-refractivity contribution >= 4 is 34.0 Å². The fourth-order valence-electron chi connectivity index (χ4n) is 5.91. The minimum absolute atomic E-state index is 0.00714. The first-order valence-corrected chi connectivity index (χ1v) is 13.5. The molecule has 4 unspecified atom stereocenters. The molecule has 2 aliphatic carbocycles. The number of nitrogens with zero attached hydrogens (tertiary/aromatic N) is 5. The van der Waals surface area contributed by atoms with E-state index in [1.807, 2.05) is 24.3 Å². The van der Waals surface area contributed by atoms with Gasteiger partial charge >= 0.3 is 0 Å². The highest BCUT2D eigenvalue weighted by Gasteiger charge is 2.43. The molecular formula is C25H27N5OS2. The predicted octanol–water partition coefficient (Wildman–Crippen LogP) is 5.54. The van der Waals surface area contributed by atoms with Crippen LogP contribution in [0.25, 0.3) is 21.6 Å². The summed E-state index contributed by atoms with van der Waals surface area (Å²) in [5.74, 6) is 4.69. The second-order valence-electron chi connectivity index (χ2n) is 9.43. The number of fused-ring (bicyclic) bond motifs is 3. The molecule has 0 aliphatic heterocycles. The summed E-state index contributed by atoms with van der Waals surface area (Å²) in [7, 11) is 1.80. The van der Waals surface area contributed by atoms with Gasteiger partial charge in [-0.05, 0) is 67.5 Å². The van der Waals surface area contributed by atoms with E-state index in [1.165, 1.54) is 25.7 Å². The Bertz CT molecular complexity index is 1360. The normalized spacial score (nSPS) is 22.9. The highest BCUT2D eigenvalue weighted by Crippen LogP contribution is 2.53. The van der Waals surface area contributed by atoms with Gasteiger partial charge in [0, 0.05) is 13.1 Å². The van der Waals surface area contributed by atoms with Crippen molar-refractivity contribution in [2.45, 2.75) is 49.6 Å². The Balaban J connectivity index is 1.34. The first kappa shape index (κ1) is 21.1. The van der Waals surface area contributed by atoms with Gasteiger partial charge in [0.25, 0.3) is 5.56 Å². The molecular weight excluding hydrogens is 450 g/mol. The molecule has 0 amide bonds. The van der Waals surface area contributed by atoms with Crippen molar-refractivity contribution in [2.24, 2.45) is 24.8 Å². The lowest BCUT2D eigenvalue weighted by Gasteiger charge is -2.30. The predicted molar refractivity (Wildman–Crippen MR) is 134 cm³/mol. The Morgan fingerprint density at radius 2 is 2.03 bits per heavy atom. The molecule has 2 aliphatic rings. The smallest absolute Gasteiger partial charge is 0.261 e. The lowest BCUT2D eigenvalue weighted by molar-refractivity contribution is 0.235. The van der Waals surface area contributed by atoms with Crippen LogP contribution in [0.15, 0.2) is 51.7 Å². The van der Waals surface area contributed by atoms with Crippen molar-refractivity contribution in [3.63, 3.8) is 0 Å². The van der Waals surface area contributed by atoms with Crippen LogP contribution in [-0.4, -0.2) is 24.3 Å². The molecule has 2 saturated carbocycles. The molecule has 6 rings (SSSR count). The van der Waals surface area contributed by atoms with Gasteiger partial charge in [-0.15, -0.1) is 21.5 Å². The third-order valence-electron chi connectivity index (χ3n) is 7.63. The van der Waals surface area contributed by atoms with Gasteiger partial charge in [0.05, 0.1) is 21.5 Å². The van der Waals surface area contributed by atoms with Crippen LogP contribution in [0, 0.1) is 17.8 Å². The second-order valence-corrected chi connectivity index (χ2v) is 11.3. The van der Waals surface area contributed by atoms with Crippen LogP contribution in [0.1, 0.15) is 44.5 Å². The van der Waals surface area contributed by atoms with Crippen molar-refractivity contribution in [3.8, 4) is 10.7 Å². The van der Waals surface area contributed by atoms with Crippen LogP contribution in [0.2, 0.25) is 0 Å². The maximum Gasteiger partial charge on any atom is 0.261 e. The first-order chi connectivity index (χ1) is 16.1. The molecule has 3 heterocycles. The van der Waals surface area contributed by atoms with E-state index in [9.17, 15) is 4.79 Å². The molecule has 33 heavy (non-hydrogen) atoms. The second kappa shape index (κ2) is 8.40. The standard InChI is InChI=1S/C25H27N5OS2/c1-15(19-13-16-9-10-17(19)12-16)30-23(21-8-5-11-32-21)27-28-25(30)33-14-22-26-20-7-4-3-6-18(20)24(31)29(22)2/h3-8,11,15-17,19H,9-10,12-14H2,1-2H3. The molecule has 4 atom stereocenters. The lowest BCUT2D eigenvalue weighted by Crippen LogP contribution is -2.23. The summed E-state index contributed by atoms with van der Waals surface area (Å²) in [5, 5.41) is 12.9. The number of rotatable bonds is 6. The summed E-state index contributed by atoms with van der Waals surface area (Å²) in [6, 6.07) is 12.1. The van der Waals surface area contributed by atoms with Crippen molar-refractivity contribution < 1.29 is 0 Å². The van der Waals surface area contributed by atoms with Gasteiger partial charge in [-0.1, -0.05) is 36.4 Å². The summed E-state index contributed by atoms with van der Waals surface area (Å²) in [4.78, 5) is 18.8. The Hall–Kier alpha value is -2.45. The third-order valence-corrected chi connectivity index (χ3v) is 9.44. The Morgan fingerprint density at radius 3 is 2.79 bits per heavy atom. The van der Waals surface area contributed by atoms with Gasteiger partial charge in [0.15, 0.2) is 11.0 Å². The topological polar surface area (TPSA) is 65.6 Å². The molecule has 2 fully saturated rings. The van der Waals surface area contributed by atoms with Crippen LogP contribution < -0.4 is 5.56 Å². The zero-order chi connectivity index (χ0) is 22.5. The maximum atomic E-state index is 12.8. The van der Waals surface area contributed by atoms with Gasteiger partial charge < -0.3 is 0 Å². The first-order valence-electron chi connectivity index (χ1n) is 11.7. The zero-order valence-corrected chi connectivity index (χ0v) is 20.5. The molecule has 6 nitrogen and oxygen atoms in total. The van der Waals surface area contributed by atoms with E-state index in [4.69, 9.17) is 4.98 Å². The average molecular weight is 478 g/mol. The Kier molecular flexibility index (Phi) is 5.37. The molecule has 0 spiro atoms. The van der Waals surface area contributed by atoms with E-state index in [2.05, 4.69) is 39.2 Å². The summed E-state index contributed by atoms with van der Waals surface area (Å²) in [6.45, 7) is 2.35. The van der Waals surface area contributed by atoms with Crippen LogP contribution in [0.4, 0.5) is 0 Å². The lowest BCUT2D eigenvalue weighted by atomic mass is 9.84. The highest BCUT2D eigenvalue weighted by atomic mass is 32.2. The monoisotopic (exact) mass is 477 g/mol. The number of aromatic nitrogens is 5. The molecule has 4 aromatic rings. The largest absolute Gasteiger partial charge is 0.299 e. The van der Waals surface area contributed by atoms with E-state index in [-0.39, 0.29) is 5.56 Å². The van der Waals surface area contributed by atoms with Crippen LogP contribution in [0.3, 0.4) is 0 Å². The minimum atomic E-state index is -0.00714. The van der Waals surface area contributed by atoms with Gasteiger partial charge in [-0.3, -0.25) is 13.9 Å². The van der Waals surface area contributed by atoms with Gasteiger partial charge in [0.1, 0.15) is 5.82 Å². The Morgan fingerprint density at radius 1 is 1.15 bits per heavy atom. The van der Waals surface area contributed by atoms with E-state index < -0.39 is 0 Å². The number of thioether (sulfide) groups is 1. The fourth-order valence-corrected chi connectivity index (χ4v) is 7.63. The third kappa shape index (κ3) is 3.64. The highest BCUT2D eigenvalue weighted by molar-refractivity contribution is 7.98. The quantitative estimate of drug-likeness (QED) is 0.341. The SMILES string of the molecule is CC(C1CC2CCC1C2)n1c(SCc2nc3ccccc3c(=O)n2C)nnc1-c1cccs1. The van der Waals surface area contributed by atoms with Gasteiger partial charge in [-0.2, -0.15) is 0 Å². The summed E-state index contributed by atoms with van der Waals surface area (Å²) >= 11 is 3.34. The summed E-state index contributed by atoms with van der Waals surface area (Å²) < 4.78 is 4.02. The molecule has 3 aromatic heterocycles. The minimum Gasteiger partial charge on any atom is -0.299 e. The molecule has 2 bridgehead atoms. The Labute approximate surface area is 201 Å². The van der Waals surface area contributed by atoms with E-state index >= 15 is 0 Å². The van der Waals surface area contributed by atoms with Crippen molar-refractivity contribution in [1.29, 1.82) is 0 Å². The van der Waals surface area contributed by atoms with Crippen molar-refractivity contribution in [3.05, 3.63) is 58.0 Å². The van der Waals surface area contributed by atoms with E-state index in [0.29, 0.717) is 23.1 Å². The van der Waals surface area contributed by atoms with Crippen molar-refractivity contribution in [1.82, 2.24) is 24.3 Å². The molecule has 0 radical (unpaired) electrons. The van der Waals surface area contributed by atoms with Gasteiger partial charge in [-0.25, -0.2) is 4.98 Å². The van der Waals surface area contributed by atoms with Crippen molar-refractivity contribution in [2.75, 3.05) is 0 Å². The molecule has 8 heteroatoms. The number of thiophene rings is 1. The van der Waals surface area contributed by atoms with E-state index in [1.54, 1.807) is 34.7 Å². The van der Waals surface area contributed by atoms with E-state index in [0.717, 1.165) is 39.0 Å². The molecule has 0 saturated heterocycles. The number of hydrogen-bond acceptors (Lipinski definition) is 6. The summed E-state index contributed by atoms with van der Waals surface area (Å²) in [6.07, 6.45) is 5.47. The molecule has 0 N–H and O–H groups in total. The fraction of sp³-hybridized carbons (Fsp3) is 0.440. The van der Waals surface area contributed by atoms with Gasteiger partial charge in [0.2, 0.25) is 0 Å². The molecule has 1 aromatic carbocycles. The van der Waals surface area contributed by atoms with Crippen LogP contribution in [-0.2, 0) is 12.8 Å². The number of benzene rings is 1. The number of para-hydroxylation sites is 1. The molecule has 170 valence electrons. The zero-order valence-electron chi connectivity index (χ0n) is 18.8. The van der Waals surface area contributed by atoms with Crippen LogP contribution >= 0.6 is 23.1 Å². The average Bonchev–Trinajstić information content (AvgIpc) is 3.64. The van der Waals surface area contributed by atoms with Crippen LogP contribution in [0.5, 0.6) is 0 Å². The summed E-state index contributed by atoms with van der Waals surface area (Å²) in [5.41, 5.74) is 0.736. The maximum absolute atomic E-state index is 12.8.